The highest BCUT2D eigenvalue weighted by atomic mass is 79.9. The van der Waals surface area contributed by atoms with Gasteiger partial charge in [-0.1, -0.05) is 11.6 Å². The number of ketones is 1. The summed E-state index contributed by atoms with van der Waals surface area (Å²) in [7, 11) is 0. The summed E-state index contributed by atoms with van der Waals surface area (Å²) in [6, 6.07) is 5.66. The lowest BCUT2D eigenvalue weighted by molar-refractivity contribution is 0.0990. The number of Topliss-reactive ketones (excluding diaryl/α,β-unsaturated/α-hetero) is 1. The summed E-state index contributed by atoms with van der Waals surface area (Å²) >= 11 is 8.49. The number of halogens is 5. The molecule has 2 aromatic rings. The topological polar surface area (TPSA) is 17.1 Å². The number of hydrogen-bond acceptors (Lipinski definition) is 1. The van der Waals surface area contributed by atoms with Crippen molar-refractivity contribution in [2.75, 3.05) is 0 Å². The minimum absolute atomic E-state index is 0.0684. The van der Waals surface area contributed by atoms with Crippen molar-refractivity contribution in [2.24, 2.45) is 0 Å². The SMILES string of the molecule is O=C(Cc1c(F)ccc(Br)c1F)c1ccc(F)c(Cl)c1. The van der Waals surface area contributed by atoms with E-state index in [-0.39, 0.29) is 20.6 Å². The number of benzene rings is 2. The third-order valence-corrected chi connectivity index (χ3v) is 3.62. The summed E-state index contributed by atoms with van der Waals surface area (Å²) in [4.78, 5) is 12.0. The third kappa shape index (κ3) is 3.04. The number of carbonyl (C=O) groups excluding carboxylic acids is 1. The molecular formula is C14H7BrClF3O. The summed E-state index contributed by atoms with van der Waals surface area (Å²) < 4.78 is 40.4. The van der Waals surface area contributed by atoms with Crippen LogP contribution in [0.1, 0.15) is 15.9 Å². The summed E-state index contributed by atoms with van der Waals surface area (Å²) in [5, 5.41) is -0.217. The molecule has 0 bridgehead atoms. The molecule has 0 fully saturated rings. The lowest BCUT2D eigenvalue weighted by Crippen LogP contribution is -2.08. The van der Waals surface area contributed by atoms with Crippen LogP contribution in [0.3, 0.4) is 0 Å². The van der Waals surface area contributed by atoms with Gasteiger partial charge in [-0.15, -0.1) is 0 Å². The molecule has 0 aliphatic rings. The van der Waals surface area contributed by atoms with Gasteiger partial charge >= 0.3 is 0 Å². The quantitative estimate of drug-likeness (QED) is 0.557. The van der Waals surface area contributed by atoms with Gasteiger partial charge in [0.1, 0.15) is 17.5 Å². The molecule has 104 valence electrons. The van der Waals surface area contributed by atoms with Gasteiger partial charge in [0.2, 0.25) is 0 Å². The molecule has 0 saturated carbocycles. The maximum Gasteiger partial charge on any atom is 0.167 e. The summed E-state index contributed by atoms with van der Waals surface area (Å²) in [5.41, 5.74) is -0.250. The van der Waals surface area contributed by atoms with Crippen molar-refractivity contribution < 1.29 is 18.0 Å². The highest BCUT2D eigenvalue weighted by Crippen LogP contribution is 2.24. The van der Waals surface area contributed by atoms with Crippen LogP contribution >= 0.6 is 27.5 Å². The summed E-state index contributed by atoms with van der Waals surface area (Å²) in [6.45, 7) is 0. The zero-order chi connectivity index (χ0) is 14.9. The first kappa shape index (κ1) is 15.1. The smallest absolute Gasteiger partial charge is 0.167 e. The Bertz CT molecular complexity index is 688. The summed E-state index contributed by atoms with van der Waals surface area (Å²) in [5.74, 6) is -2.86. The number of carbonyl (C=O) groups is 1. The summed E-state index contributed by atoms with van der Waals surface area (Å²) in [6.07, 6.45) is -0.473. The number of rotatable bonds is 3. The predicted molar refractivity (Wildman–Crippen MR) is 73.5 cm³/mol. The minimum Gasteiger partial charge on any atom is -0.294 e. The molecule has 0 saturated heterocycles. The van der Waals surface area contributed by atoms with E-state index in [1.165, 1.54) is 12.1 Å². The molecule has 0 unspecified atom stereocenters. The molecular weight excluding hydrogens is 357 g/mol. The fourth-order valence-electron chi connectivity index (χ4n) is 1.66. The van der Waals surface area contributed by atoms with Crippen LogP contribution in [0.4, 0.5) is 13.2 Å². The van der Waals surface area contributed by atoms with Crippen molar-refractivity contribution in [2.45, 2.75) is 6.42 Å². The Morgan fingerprint density at radius 3 is 2.40 bits per heavy atom. The van der Waals surface area contributed by atoms with Crippen LogP contribution in [-0.2, 0) is 6.42 Å². The van der Waals surface area contributed by atoms with Crippen molar-refractivity contribution >= 4 is 33.3 Å². The minimum atomic E-state index is -0.827. The molecule has 0 heterocycles. The Balaban J connectivity index is 2.32. The average molecular weight is 364 g/mol. The maximum absolute atomic E-state index is 13.8. The molecule has 0 atom stereocenters. The van der Waals surface area contributed by atoms with Gasteiger partial charge in [0.05, 0.1) is 9.50 Å². The van der Waals surface area contributed by atoms with Crippen LogP contribution in [0, 0.1) is 17.5 Å². The number of hydrogen-bond donors (Lipinski definition) is 0. The zero-order valence-electron chi connectivity index (χ0n) is 9.89. The Hall–Kier alpha value is -1.33. The van der Waals surface area contributed by atoms with Crippen molar-refractivity contribution in [3.63, 3.8) is 0 Å². The Kier molecular flexibility index (Phi) is 4.50. The Morgan fingerprint density at radius 1 is 1.10 bits per heavy atom. The molecule has 2 rings (SSSR count). The first-order chi connectivity index (χ1) is 9.40. The average Bonchev–Trinajstić information content (AvgIpc) is 2.42. The molecule has 2 aromatic carbocycles. The molecule has 6 heteroatoms. The van der Waals surface area contributed by atoms with E-state index in [2.05, 4.69) is 15.9 Å². The first-order valence-electron chi connectivity index (χ1n) is 5.50. The Morgan fingerprint density at radius 2 is 1.75 bits per heavy atom. The van der Waals surface area contributed by atoms with Gasteiger partial charge in [-0.3, -0.25) is 4.79 Å². The van der Waals surface area contributed by atoms with Crippen LogP contribution in [0.5, 0.6) is 0 Å². The lowest BCUT2D eigenvalue weighted by Gasteiger charge is -2.06. The first-order valence-corrected chi connectivity index (χ1v) is 6.68. The fraction of sp³-hybridized carbons (Fsp3) is 0.0714. The monoisotopic (exact) mass is 362 g/mol. The van der Waals surface area contributed by atoms with Gasteiger partial charge in [-0.2, -0.15) is 0 Å². The predicted octanol–water partition coefficient (Wildman–Crippen LogP) is 4.95. The second-order valence-electron chi connectivity index (χ2n) is 4.05. The van der Waals surface area contributed by atoms with E-state index in [9.17, 15) is 18.0 Å². The van der Waals surface area contributed by atoms with E-state index in [0.717, 1.165) is 18.2 Å². The van der Waals surface area contributed by atoms with E-state index in [1.807, 2.05) is 0 Å². The molecule has 0 amide bonds. The molecule has 0 aliphatic heterocycles. The van der Waals surface area contributed by atoms with E-state index in [4.69, 9.17) is 11.6 Å². The van der Waals surface area contributed by atoms with Gasteiger partial charge in [0.15, 0.2) is 5.78 Å². The highest BCUT2D eigenvalue weighted by molar-refractivity contribution is 9.10. The van der Waals surface area contributed by atoms with E-state index in [1.54, 1.807) is 0 Å². The van der Waals surface area contributed by atoms with Crippen molar-refractivity contribution in [3.05, 3.63) is 68.4 Å². The lowest BCUT2D eigenvalue weighted by atomic mass is 10.0. The van der Waals surface area contributed by atoms with Crippen molar-refractivity contribution in [1.82, 2.24) is 0 Å². The van der Waals surface area contributed by atoms with Gasteiger partial charge in [-0.05, 0) is 46.3 Å². The van der Waals surface area contributed by atoms with Crippen LogP contribution < -0.4 is 0 Å². The molecule has 1 nitrogen and oxygen atoms in total. The standard InChI is InChI=1S/C14H7BrClF3O/c15-9-2-4-11(17)8(14(9)19)6-13(20)7-1-3-12(18)10(16)5-7/h1-5H,6H2. The molecule has 0 aromatic heterocycles. The van der Waals surface area contributed by atoms with E-state index in [0.29, 0.717) is 0 Å². The van der Waals surface area contributed by atoms with Crippen LogP contribution in [0.25, 0.3) is 0 Å². The third-order valence-electron chi connectivity index (χ3n) is 2.72. The van der Waals surface area contributed by atoms with Gasteiger partial charge in [-0.25, -0.2) is 13.2 Å². The van der Waals surface area contributed by atoms with Crippen molar-refractivity contribution in [1.29, 1.82) is 0 Å². The highest BCUT2D eigenvalue weighted by Gasteiger charge is 2.17. The maximum atomic E-state index is 13.8. The van der Waals surface area contributed by atoms with Crippen LogP contribution in [0.2, 0.25) is 5.02 Å². The molecule has 0 radical (unpaired) electrons. The zero-order valence-corrected chi connectivity index (χ0v) is 12.2. The normalized spacial score (nSPS) is 10.7. The largest absolute Gasteiger partial charge is 0.294 e. The molecule has 0 N–H and O–H groups in total. The van der Waals surface area contributed by atoms with E-state index < -0.39 is 29.7 Å². The van der Waals surface area contributed by atoms with Crippen LogP contribution in [0.15, 0.2) is 34.8 Å². The molecule has 0 spiro atoms. The van der Waals surface area contributed by atoms with E-state index >= 15 is 0 Å². The van der Waals surface area contributed by atoms with Gasteiger partial charge in [0.25, 0.3) is 0 Å². The Labute approximate surface area is 126 Å². The fourth-order valence-corrected chi connectivity index (χ4v) is 2.22. The van der Waals surface area contributed by atoms with Crippen LogP contribution in [-0.4, -0.2) is 5.78 Å². The van der Waals surface area contributed by atoms with Crippen molar-refractivity contribution in [3.8, 4) is 0 Å². The molecule has 0 aliphatic carbocycles. The molecule has 20 heavy (non-hydrogen) atoms. The second kappa shape index (κ2) is 5.97. The van der Waals surface area contributed by atoms with Gasteiger partial charge < -0.3 is 0 Å². The second-order valence-corrected chi connectivity index (χ2v) is 5.31. The van der Waals surface area contributed by atoms with Gasteiger partial charge in [0, 0.05) is 17.5 Å².